The zero-order valence-corrected chi connectivity index (χ0v) is 19.6. The van der Waals surface area contributed by atoms with E-state index in [4.69, 9.17) is 30.1 Å². The van der Waals surface area contributed by atoms with Gasteiger partial charge in [-0.2, -0.15) is 0 Å². The molecule has 1 N–H and O–H groups in total. The lowest BCUT2D eigenvalue weighted by Gasteiger charge is -2.43. The van der Waals surface area contributed by atoms with Gasteiger partial charge in [0, 0.05) is 31.9 Å². The molecule has 2 bridgehead atoms. The molecular formula is C27H29NO6. The minimum Gasteiger partial charge on any atom is -0.494 e. The molecule has 3 aliphatic rings. The van der Waals surface area contributed by atoms with Gasteiger partial charge in [-0.05, 0) is 43.7 Å². The van der Waals surface area contributed by atoms with E-state index in [2.05, 4.69) is 11.4 Å². The third-order valence-corrected chi connectivity index (χ3v) is 6.89. The maximum absolute atomic E-state index is 13.9. The second kappa shape index (κ2) is 8.02. The average Bonchev–Trinajstić information content (AvgIpc) is 3.11. The fourth-order valence-corrected chi connectivity index (χ4v) is 5.76. The Morgan fingerprint density at radius 2 is 1.85 bits per heavy atom. The van der Waals surface area contributed by atoms with Gasteiger partial charge in [-0.25, -0.2) is 0 Å². The van der Waals surface area contributed by atoms with E-state index >= 15 is 0 Å². The number of amides is 1. The van der Waals surface area contributed by atoms with Crippen LogP contribution in [0.2, 0.25) is 0 Å². The summed E-state index contributed by atoms with van der Waals surface area (Å²) in [7, 11) is 0. The number of carbonyl (C=O) groups excluding carboxylic acids is 1. The molecule has 0 aromatic heterocycles. The van der Waals surface area contributed by atoms with Crippen LogP contribution in [-0.2, 0) is 23.7 Å². The van der Waals surface area contributed by atoms with Crippen molar-refractivity contribution in [2.75, 3.05) is 11.9 Å². The molecule has 2 aromatic carbocycles. The lowest BCUT2D eigenvalue weighted by Crippen LogP contribution is -2.52. The Labute approximate surface area is 199 Å². The Kier molecular flexibility index (Phi) is 5.36. The number of para-hydroxylation sites is 1. The number of fused-ring (bicyclic) bond motifs is 1. The number of hydrogen-bond donors (Lipinski definition) is 1. The Balaban J connectivity index is 1.52. The summed E-state index contributed by atoms with van der Waals surface area (Å²) in [6.45, 7) is 6.14. The number of benzene rings is 2. The van der Waals surface area contributed by atoms with Crippen molar-refractivity contribution in [3.8, 4) is 18.3 Å². The van der Waals surface area contributed by atoms with Crippen LogP contribution in [0.5, 0.6) is 5.75 Å². The first-order valence-electron chi connectivity index (χ1n) is 11.6. The summed E-state index contributed by atoms with van der Waals surface area (Å²) < 4.78 is 30.4. The van der Waals surface area contributed by atoms with Crippen molar-refractivity contribution in [3.63, 3.8) is 0 Å². The lowest BCUT2D eigenvalue weighted by atomic mass is 9.72. The van der Waals surface area contributed by atoms with Crippen LogP contribution in [0.25, 0.3) is 0 Å². The summed E-state index contributed by atoms with van der Waals surface area (Å²) in [6.07, 6.45) is 8.18. The summed E-state index contributed by atoms with van der Waals surface area (Å²) >= 11 is 0. The number of ether oxygens (including phenoxy) is 5. The molecule has 0 radical (unpaired) electrons. The Morgan fingerprint density at radius 1 is 1.12 bits per heavy atom. The standard InChI is InChI=1S/C27H29NO6/c1-5-30-21-14-12-19(13-15-21)22-16-27-26(18-25(4,32-22)34-27,17-24(3,33-27)31-6-2)23(29)28-20-10-8-7-9-11-20/h2,7-15,22H,5,16-18H2,1,3-4H3,(H,28,29)/t22-,24+,25-,26+,27-/m0/s1. The smallest absolute Gasteiger partial charge is 0.236 e. The SMILES string of the molecule is C#CO[C@@]1(C)C[C@]2(C(=O)Nc3ccccc3)C[C@@]3(C)O[C@H](c4ccc(OCC)cc4)C[C@@]2(O3)O1. The monoisotopic (exact) mass is 463 g/mol. The molecule has 0 saturated carbocycles. The largest absolute Gasteiger partial charge is 0.494 e. The van der Waals surface area contributed by atoms with Crippen molar-refractivity contribution in [2.45, 2.75) is 63.5 Å². The Morgan fingerprint density at radius 3 is 2.53 bits per heavy atom. The molecule has 178 valence electrons. The highest BCUT2D eigenvalue weighted by Gasteiger charge is 2.79. The van der Waals surface area contributed by atoms with Crippen LogP contribution in [-0.4, -0.2) is 29.9 Å². The first-order chi connectivity index (χ1) is 16.2. The Bertz CT molecular complexity index is 1110. The number of nitrogens with one attached hydrogen (secondary N) is 1. The molecule has 3 heterocycles. The summed E-state index contributed by atoms with van der Waals surface area (Å²) in [6, 6.07) is 17.1. The molecular weight excluding hydrogens is 434 g/mol. The molecule has 3 fully saturated rings. The first-order valence-corrected chi connectivity index (χ1v) is 11.6. The maximum Gasteiger partial charge on any atom is 0.236 e. The van der Waals surface area contributed by atoms with Crippen molar-refractivity contribution in [2.24, 2.45) is 5.41 Å². The van der Waals surface area contributed by atoms with Gasteiger partial charge in [0.2, 0.25) is 11.7 Å². The van der Waals surface area contributed by atoms with Crippen LogP contribution in [0.1, 0.15) is 51.7 Å². The predicted molar refractivity (Wildman–Crippen MR) is 124 cm³/mol. The zero-order chi connectivity index (χ0) is 24.0. The number of hydrogen-bond acceptors (Lipinski definition) is 6. The van der Waals surface area contributed by atoms with Gasteiger partial charge < -0.3 is 29.0 Å². The van der Waals surface area contributed by atoms with Gasteiger partial charge in [-0.3, -0.25) is 4.79 Å². The predicted octanol–water partition coefficient (Wildman–Crippen LogP) is 4.75. The second-order valence-corrected chi connectivity index (χ2v) is 9.51. The van der Waals surface area contributed by atoms with Crippen LogP contribution in [0, 0.1) is 17.9 Å². The summed E-state index contributed by atoms with van der Waals surface area (Å²) in [5.74, 6) is -2.89. The van der Waals surface area contributed by atoms with E-state index < -0.39 is 22.8 Å². The molecule has 7 nitrogen and oxygen atoms in total. The molecule has 2 aromatic rings. The molecule has 1 spiro atoms. The number of terminal acetylenes is 1. The summed E-state index contributed by atoms with van der Waals surface area (Å²) in [5.41, 5.74) is 0.578. The van der Waals surface area contributed by atoms with Crippen LogP contribution >= 0.6 is 0 Å². The van der Waals surface area contributed by atoms with Crippen molar-refractivity contribution < 1.29 is 28.5 Å². The molecule has 7 heteroatoms. The fourth-order valence-electron chi connectivity index (χ4n) is 5.76. The third-order valence-electron chi connectivity index (χ3n) is 6.89. The van der Waals surface area contributed by atoms with E-state index in [1.54, 1.807) is 6.92 Å². The van der Waals surface area contributed by atoms with Gasteiger partial charge in [-0.15, -0.1) is 0 Å². The molecule has 5 atom stereocenters. The van der Waals surface area contributed by atoms with Gasteiger partial charge in [0.05, 0.1) is 12.7 Å². The molecule has 0 unspecified atom stereocenters. The second-order valence-electron chi connectivity index (χ2n) is 9.51. The van der Waals surface area contributed by atoms with Gasteiger partial charge in [-0.1, -0.05) is 36.8 Å². The number of carbonyl (C=O) groups is 1. The van der Waals surface area contributed by atoms with Gasteiger partial charge in [0.15, 0.2) is 11.6 Å². The van der Waals surface area contributed by atoms with Crippen LogP contribution in [0.15, 0.2) is 54.6 Å². The molecule has 5 rings (SSSR count). The summed E-state index contributed by atoms with van der Waals surface area (Å²) in [4.78, 5) is 13.9. The van der Waals surface area contributed by atoms with E-state index in [0.717, 1.165) is 11.3 Å². The van der Waals surface area contributed by atoms with E-state index in [0.29, 0.717) is 25.1 Å². The van der Waals surface area contributed by atoms with Crippen molar-refractivity contribution in [3.05, 3.63) is 60.2 Å². The number of rotatable bonds is 6. The quantitative estimate of drug-likeness (QED) is 0.624. The normalized spacial score (nSPS) is 35.8. The van der Waals surface area contributed by atoms with Crippen molar-refractivity contribution >= 4 is 11.6 Å². The van der Waals surface area contributed by atoms with Crippen LogP contribution in [0.3, 0.4) is 0 Å². The molecule has 1 amide bonds. The molecule has 3 saturated heterocycles. The highest BCUT2D eigenvalue weighted by Crippen LogP contribution is 2.68. The molecule has 0 aliphatic carbocycles. The minimum absolute atomic E-state index is 0.206. The zero-order valence-electron chi connectivity index (χ0n) is 19.6. The fraction of sp³-hybridized carbons (Fsp3) is 0.444. The molecule has 3 aliphatic heterocycles. The maximum atomic E-state index is 13.9. The van der Waals surface area contributed by atoms with E-state index in [-0.39, 0.29) is 18.4 Å². The van der Waals surface area contributed by atoms with Crippen LogP contribution < -0.4 is 10.1 Å². The highest BCUT2D eigenvalue weighted by atomic mass is 16.9. The van der Waals surface area contributed by atoms with Gasteiger partial charge >= 0.3 is 0 Å². The van der Waals surface area contributed by atoms with Gasteiger partial charge in [0.1, 0.15) is 17.3 Å². The van der Waals surface area contributed by atoms with E-state index in [9.17, 15) is 4.79 Å². The Hall–Kier alpha value is -3.05. The van der Waals surface area contributed by atoms with E-state index in [1.165, 1.54) is 0 Å². The third kappa shape index (κ3) is 3.63. The molecule has 34 heavy (non-hydrogen) atoms. The first kappa shape index (κ1) is 22.7. The van der Waals surface area contributed by atoms with Gasteiger partial charge in [0.25, 0.3) is 0 Å². The highest BCUT2D eigenvalue weighted by molar-refractivity contribution is 5.97. The topological polar surface area (TPSA) is 75.3 Å². The van der Waals surface area contributed by atoms with Crippen molar-refractivity contribution in [1.29, 1.82) is 0 Å². The summed E-state index contributed by atoms with van der Waals surface area (Å²) in [5, 5.41) is 3.05. The number of anilines is 1. The lowest BCUT2D eigenvalue weighted by molar-refractivity contribution is -0.399. The average molecular weight is 464 g/mol. The minimum atomic E-state index is -1.27. The van der Waals surface area contributed by atoms with Crippen LogP contribution in [0.4, 0.5) is 5.69 Å². The van der Waals surface area contributed by atoms with E-state index in [1.807, 2.05) is 68.4 Å². The van der Waals surface area contributed by atoms with Crippen molar-refractivity contribution in [1.82, 2.24) is 0 Å².